The highest BCUT2D eigenvalue weighted by molar-refractivity contribution is 7.98. The number of carboxylic acid groups (broad SMARTS) is 1. The van der Waals surface area contributed by atoms with Gasteiger partial charge < -0.3 is 5.11 Å². The molecule has 0 unspecified atom stereocenters. The lowest BCUT2D eigenvalue weighted by Crippen LogP contribution is -2.67. The summed E-state index contributed by atoms with van der Waals surface area (Å²) in [5.41, 5.74) is -1.72. The summed E-state index contributed by atoms with van der Waals surface area (Å²) in [5.74, 6) is -5.31. The second-order valence-corrected chi connectivity index (χ2v) is 7.01. The molecule has 6 nitrogen and oxygen atoms in total. The molecule has 1 aromatic rings. The van der Waals surface area contributed by atoms with Crippen molar-refractivity contribution in [3.05, 3.63) is 29.3 Å². The van der Waals surface area contributed by atoms with Crippen LogP contribution >= 0.6 is 0 Å². The predicted molar refractivity (Wildman–Crippen MR) is 63.8 cm³/mol. The summed E-state index contributed by atoms with van der Waals surface area (Å²) in [6.07, 6.45) is 0. The van der Waals surface area contributed by atoms with Gasteiger partial charge >= 0.3 is 5.97 Å². The molecule has 1 aliphatic rings. The number of halogens is 2. The monoisotopic (exact) mass is 305 g/mol. The van der Waals surface area contributed by atoms with Crippen LogP contribution < -0.4 is 4.31 Å². The van der Waals surface area contributed by atoms with Crippen molar-refractivity contribution in [2.45, 2.75) is 18.6 Å². The minimum atomic E-state index is -4.15. The van der Waals surface area contributed by atoms with E-state index >= 15 is 0 Å². The van der Waals surface area contributed by atoms with Crippen molar-refractivity contribution in [1.29, 1.82) is 0 Å². The molecule has 1 N–H and O–H groups in total. The SMILES string of the molecule is CC1(C)C(=O)N(c2cc(C(=O)O)c(F)cc2F)S1(=O)=O. The second kappa shape index (κ2) is 3.98. The zero-order valence-electron chi connectivity index (χ0n) is 10.3. The van der Waals surface area contributed by atoms with Crippen molar-refractivity contribution >= 4 is 27.6 Å². The molecule has 0 bridgehead atoms. The van der Waals surface area contributed by atoms with E-state index in [0.717, 1.165) is 13.8 Å². The molecule has 1 amide bonds. The van der Waals surface area contributed by atoms with Gasteiger partial charge in [-0.1, -0.05) is 0 Å². The molecule has 108 valence electrons. The van der Waals surface area contributed by atoms with E-state index in [2.05, 4.69) is 0 Å². The fourth-order valence-corrected chi connectivity index (χ4v) is 3.23. The molecule has 0 aliphatic carbocycles. The summed E-state index contributed by atoms with van der Waals surface area (Å²) >= 11 is 0. The van der Waals surface area contributed by atoms with Crippen LogP contribution in [0.4, 0.5) is 14.5 Å². The fraction of sp³-hybridized carbons (Fsp3) is 0.273. The first-order valence-electron chi connectivity index (χ1n) is 5.33. The van der Waals surface area contributed by atoms with Gasteiger partial charge in [0.2, 0.25) is 0 Å². The van der Waals surface area contributed by atoms with Crippen LogP contribution in [-0.2, 0) is 14.8 Å². The number of hydrogen-bond donors (Lipinski definition) is 1. The molecule has 1 aromatic carbocycles. The number of aromatic carboxylic acids is 1. The number of rotatable bonds is 2. The number of sulfonamides is 1. The van der Waals surface area contributed by atoms with E-state index in [4.69, 9.17) is 5.11 Å². The molecular weight excluding hydrogens is 296 g/mol. The van der Waals surface area contributed by atoms with Crippen LogP contribution in [0.25, 0.3) is 0 Å². The molecular formula is C11H9F2NO5S. The van der Waals surface area contributed by atoms with Crippen molar-refractivity contribution in [2.75, 3.05) is 4.31 Å². The summed E-state index contributed by atoms with van der Waals surface area (Å²) in [7, 11) is -4.15. The van der Waals surface area contributed by atoms with Gasteiger partial charge in [-0.25, -0.2) is 26.3 Å². The maximum Gasteiger partial charge on any atom is 0.338 e. The van der Waals surface area contributed by atoms with E-state index in [0.29, 0.717) is 6.07 Å². The first-order valence-corrected chi connectivity index (χ1v) is 6.77. The Hall–Kier alpha value is -2.03. The van der Waals surface area contributed by atoms with Crippen molar-refractivity contribution in [3.63, 3.8) is 0 Å². The molecule has 0 aromatic heterocycles. The number of carbonyl (C=O) groups excluding carboxylic acids is 1. The summed E-state index contributed by atoms with van der Waals surface area (Å²) in [6.45, 7) is 2.28. The zero-order chi connectivity index (χ0) is 15.5. The standard InChI is InChI=1S/C11H9F2NO5S/c1-11(2)10(17)14(20(11,18)19)8-3-5(9(15)16)6(12)4-7(8)13/h3-4H,1-2H3,(H,15,16). The lowest BCUT2D eigenvalue weighted by Gasteiger charge is -2.42. The Kier molecular flexibility index (Phi) is 2.86. The first-order chi connectivity index (χ1) is 9.01. The number of amides is 1. The highest BCUT2D eigenvalue weighted by atomic mass is 32.2. The van der Waals surface area contributed by atoms with Crippen LogP contribution in [-0.4, -0.2) is 30.1 Å². The summed E-state index contributed by atoms with van der Waals surface area (Å²) in [5, 5.41) is 8.74. The molecule has 1 fully saturated rings. The summed E-state index contributed by atoms with van der Waals surface area (Å²) in [4.78, 5) is 22.5. The van der Waals surface area contributed by atoms with Gasteiger partial charge in [-0.05, 0) is 19.9 Å². The molecule has 20 heavy (non-hydrogen) atoms. The fourth-order valence-electron chi connectivity index (χ4n) is 1.75. The smallest absolute Gasteiger partial charge is 0.338 e. The lowest BCUT2D eigenvalue weighted by molar-refractivity contribution is -0.120. The molecule has 1 heterocycles. The van der Waals surface area contributed by atoms with Gasteiger partial charge in [0.1, 0.15) is 5.82 Å². The van der Waals surface area contributed by atoms with Crippen molar-refractivity contribution in [2.24, 2.45) is 0 Å². The largest absolute Gasteiger partial charge is 0.478 e. The highest BCUT2D eigenvalue weighted by Gasteiger charge is 2.61. The molecule has 9 heteroatoms. The third kappa shape index (κ3) is 1.62. The Labute approximate surface area is 112 Å². The van der Waals surface area contributed by atoms with E-state index in [1.54, 1.807) is 0 Å². The third-order valence-corrected chi connectivity index (χ3v) is 5.38. The normalized spacial score (nSPS) is 19.6. The average Bonchev–Trinajstić information content (AvgIpc) is 2.31. The second-order valence-electron chi connectivity index (χ2n) is 4.67. The lowest BCUT2D eigenvalue weighted by atomic mass is 10.1. The van der Waals surface area contributed by atoms with Crippen LogP contribution in [0.15, 0.2) is 12.1 Å². The number of anilines is 1. The number of hydrogen-bond acceptors (Lipinski definition) is 4. The minimum Gasteiger partial charge on any atom is -0.478 e. The quantitative estimate of drug-likeness (QED) is 0.884. The van der Waals surface area contributed by atoms with Crippen LogP contribution in [0.3, 0.4) is 0 Å². The Bertz CT molecular complexity index is 741. The van der Waals surface area contributed by atoms with Crippen LogP contribution in [0.1, 0.15) is 24.2 Å². The maximum atomic E-state index is 13.6. The molecule has 1 aliphatic heterocycles. The van der Waals surface area contributed by atoms with Gasteiger partial charge in [0.25, 0.3) is 15.9 Å². The Balaban J connectivity index is 2.64. The number of benzene rings is 1. The Morgan fingerprint density at radius 3 is 2.25 bits per heavy atom. The molecule has 0 atom stereocenters. The molecule has 0 saturated carbocycles. The molecule has 0 spiro atoms. The Morgan fingerprint density at radius 2 is 1.80 bits per heavy atom. The number of nitrogens with zero attached hydrogens (tertiary/aromatic N) is 1. The Morgan fingerprint density at radius 1 is 1.25 bits per heavy atom. The van der Waals surface area contributed by atoms with E-state index in [-0.39, 0.29) is 10.4 Å². The topological polar surface area (TPSA) is 91.8 Å². The van der Waals surface area contributed by atoms with Gasteiger partial charge in [-0.3, -0.25) is 4.79 Å². The van der Waals surface area contributed by atoms with Gasteiger partial charge in [0.05, 0.1) is 11.3 Å². The van der Waals surface area contributed by atoms with Crippen LogP contribution in [0.2, 0.25) is 0 Å². The first kappa shape index (κ1) is 14.4. The zero-order valence-corrected chi connectivity index (χ0v) is 11.2. The van der Waals surface area contributed by atoms with Crippen LogP contribution in [0.5, 0.6) is 0 Å². The number of carbonyl (C=O) groups is 2. The maximum absolute atomic E-state index is 13.6. The molecule has 0 radical (unpaired) electrons. The van der Waals surface area contributed by atoms with Crippen molar-refractivity contribution in [1.82, 2.24) is 0 Å². The van der Waals surface area contributed by atoms with Crippen molar-refractivity contribution < 1.29 is 31.9 Å². The average molecular weight is 305 g/mol. The molecule has 2 rings (SSSR count). The van der Waals surface area contributed by atoms with Gasteiger partial charge in [-0.2, -0.15) is 0 Å². The number of carboxylic acids is 1. The van der Waals surface area contributed by atoms with Gasteiger partial charge in [0, 0.05) is 6.07 Å². The van der Waals surface area contributed by atoms with E-state index in [9.17, 15) is 26.8 Å². The summed E-state index contributed by atoms with van der Waals surface area (Å²) < 4.78 is 49.1. The summed E-state index contributed by atoms with van der Waals surface area (Å²) in [6, 6.07) is 0.713. The predicted octanol–water partition coefficient (Wildman–Crippen LogP) is 1.12. The molecule has 1 saturated heterocycles. The minimum absolute atomic E-state index is 0.147. The van der Waals surface area contributed by atoms with Crippen LogP contribution in [0, 0.1) is 11.6 Å². The van der Waals surface area contributed by atoms with Gasteiger partial charge in [0.15, 0.2) is 10.6 Å². The van der Waals surface area contributed by atoms with E-state index < -0.39 is 49.5 Å². The van der Waals surface area contributed by atoms with Gasteiger partial charge in [-0.15, -0.1) is 0 Å². The van der Waals surface area contributed by atoms with Crippen molar-refractivity contribution in [3.8, 4) is 0 Å². The van der Waals surface area contributed by atoms with E-state index in [1.807, 2.05) is 0 Å². The third-order valence-electron chi connectivity index (χ3n) is 3.07. The van der Waals surface area contributed by atoms with E-state index in [1.165, 1.54) is 0 Å². The highest BCUT2D eigenvalue weighted by Crippen LogP contribution is 2.40.